The summed E-state index contributed by atoms with van der Waals surface area (Å²) < 4.78 is 31.3. The van der Waals surface area contributed by atoms with Crippen LogP contribution in [0.2, 0.25) is 0 Å². The summed E-state index contributed by atoms with van der Waals surface area (Å²) in [6.45, 7) is 7.13. The number of alkyl carbamates (subject to hydrolysis) is 1. The molecule has 1 unspecified atom stereocenters. The van der Waals surface area contributed by atoms with Gasteiger partial charge in [-0.15, -0.1) is 0 Å². The summed E-state index contributed by atoms with van der Waals surface area (Å²) in [5.74, 6) is 0. The molecule has 0 saturated carbocycles. The summed E-state index contributed by atoms with van der Waals surface area (Å²) in [5.41, 5.74) is 0.265. The number of ether oxygens (including phenoxy) is 1. The number of amides is 1. The minimum Gasteiger partial charge on any atom is -0.444 e. The number of benzene rings is 1. The standard InChI is InChI=1S/C16H24N2O4S/c1-13(18-15(19)22-16(2,3)4)10-11-23(20,21)17-12-14-8-6-5-7-9-14/h5-11,13,17H,12H2,1-4H3,(H,18,19)/b11-10+. The third-order valence-electron chi connectivity index (χ3n) is 2.61. The molecule has 0 fully saturated rings. The number of hydrogen-bond donors (Lipinski definition) is 2. The Morgan fingerprint density at radius 2 is 1.87 bits per heavy atom. The molecule has 2 N–H and O–H groups in total. The van der Waals surface area contributed by atoms with Gasteiger partial charge in [-0.1, -0.05) is 30.3 Å². The molecule has 1 atom stereocenters. The first-order chi connectivity index (χ1) is 10.6. The summed E-state index contributed by atoms with van der Waals surface area (Å²) >= 11 is 0. The van der Waals surface area contributed by atoms with Gasteiger partial charge in [0.25, 0.3) is 0 Å². The zero-order valence-corrected chi connectivity index (χ0v) is 14.7. The minimum atomic E-state index is -3.57. The second-order valence-corrected chi connectivity index (χ2v) is 7.77. The van der Waals surface area contributed by atoms with E-state index in [9.17, 15) is 13.2 Å². The number of nitrogens with one attached hydrogen (secondary N) is 2. The second-order valence-electron chi connectivity index (χ2n) is 6.12. The van der Waals surface area contributed by atoms with E-state index in [1.165, 1.54) is 6.08 Å². The van der Waals surface area contributed by atoms with E-state index in [4.69, 9.17) is 4.74 Å². The van der Waals surface area contributed by atoms with Crippen molar-refractivity contribution in [1.82, 2.24) is 10.0 Å². The quantitative estimate of drug-likeness (QED) is 0.833. The Labute approximate surface area is 138 Å². The molecule has 6 nitrogen and oxygen atoms in total. The summed E-state index contributed by atoms with van der Waals surface area (Å²) in [5, 5.41) is 3.58. The monoisotopic (exact) mass is 340 g/mol. The lowest BCUT2D eigenvalue weighted by molar-refractivity contribution is 0.0518. The van der Waals surface area contributed by atoms with Crippen molar-refractivity contribution in [3.63, 3.8) is 0 Å². The van der Waals surface area contributed by atoms with E-state index < -0.39 is 27.8 Å². The van der Waals surface area contributed by atoms with Gasteiger partial charge in [0.1, 0.15) is 5.60 Å². The van der Waals surface area contributed by atoms with E-state index in [1.807, 2.05) is 30.3 Å². The molecular formula is C16H24N2O4S. The van der Waals surface area contributed by atoms with Gasteiger partial charge in [0.05, 0.1) is 0 Å². The van der Waals surface area contributed by atoms with Crippen molar-refractivity contribution >= 4 is 16.1 Å². The van der Waals surface area contributed by atoms with Crippen molar-refractivity contribution in [1.29, 1.82) is 0 Å². The molecule has 128 valence electrons. The highest BCUT2D eigenvalue weighted by Crippen LogP contribution is 2.07. The lowest BCUT2D eigenvalue weighted by Gasteiger charge is -2.20. The van der Waals surface area contributed by atoms with Gasteiger partial charge in [-0.3, -0.25) is 0 Å². The van der Waals surface area contributed by atoms with Crippen LogP contribution < -0.4 is 10.0 Å². The SMILES string of the molecule is CC(/C=C/S(=O)(=O)NCc1ccccc1)NC(=O)OC(C)(C)C. The fourth-order valence-electron chi connectivity index (χ4n) is 1.59. The average Bonchev–Trinajstić information content (AvgIpc) is 2.42. The molecule has 0 saturated heterocycles. The van der Waals surface area contributed by atoms with Gasteiger partial charge in [-0.2, -0.15) is 0 Å². The van der Waals surface area contributed by atoms with Crippen molar-refractivity contribution in [2.75, 3.05) is 0 Å². The highest BCUT2D eigenvalue weighted by atomic mass is 32.2. The molecule has 1 amide bonds. The zero-order chi connectivity index (χ0) is 17.5. The number of carbonyl (C=O) groups is 1. The molecule has 0 aliphatic carbocycles. The molecule has 7 heteroatoms. The van der Waals surface area contributed by atoms with Gasteiger partial charge in [0, 0.05) is 18.0 Å². The normalized spacial score (nSPS) is 13.7. The molecule has 23 heavy (non-hydrogen) atoms. The van der Waals surface area contributed by atoms with E-state index in [2.05, 4.69) is 10.0 Å². The fourth-order valence-corrected chi connectivity index (χ4v) is 2.50. The van der Waals surface area contributed by atoms with Crippen LogP contribution in [0.25, 0.3) is 0 Å². The fraction of sp³-hybridized carbons (Fsp3) is 0.438. The van der Waals surface area contributed by atoms with Gasteiger partial charge in [-0.25, -0.2) is 17.9 Å². The van der Waals surface area contributed by atoms with Crippen LogP contribution in [0.3, 0.4) is 0 Å². The molecule has 0 aromatic heterocycles. The van der Waals surface area contributed by atoms with Crippen LogP contribution in [0, 0.1) is 0 Å². The summed E-state index contributed by atoms with van der Waals surface area (Å²) in [4.78, 5) is 11.6. The molecule has 1 aromatic rings. The van der Waals surface area contributed by atoms with Crippen molar-refractivity contribution < 1.29 is 17.9 Å². The van der Waals surface area contributed by atoms with Crippen LogP contribution in [-0.4, -0.2) is 26.2 Å². The predicted octanol–water partition coefficient (Wildman–Crippen LogP) is 2.53. The molecule has 1 aromatic carbocycles. The van der Waals surface area contributed by atoms with Crippen LogP contribution >= 0.6 is 0 Å². The molecule has 1 rings (SSSR count). The highest BCUT2D eigenvalue weighted by Gasteiger charge is 2.17. The van der Waals surface area contributed by atoms with Crippen molar-refractivity contribution in [2.45, 2.75) is 45.9 Å². The van der Waals surface area contributed by atoms with Gasteiger partial charge in [-0.05, 0) is 39.3 Å². The molecule has 0 bridgehead atoms. The Balaban J connectivity index is 2.49. The van der Waals surface area contributed by atoms with Crippen LogP contribution in [0.5, 0.6) is 0 Å². The van der Waals surface area contributed by atoms with Crippen molar-refractivity contribution in [2.24, 2.45) is 0 Å². The minimum absolute atomic E-state index is 0.210. The van der Waals surface area contributed by atoms with Crippen LogP contribution in [0.1, 0.15) is 33.3 Å². The molecule has 0 spiro atoms. The van der Waals surface area contributed by atoms with E-state index in [0.717, 1.165) is 11.0 Å². The van der Waals surface area contributed by atoms with Crippen LogP contribution in [0.4, 0.5) is 4.79 Å². The summed E-state index contributed by atoms with van der Waals surface area (Å²) in [6.07, 6.45) is 0.793. The second kappa shape index (κ2) is 8.12. The summed E-state index contributed by atoms with van der Waals surface area (Å²) in [7, 11) is -3.57. The molecule has 0 aliphatic rings. The number of sulfonamides is 1. The number of hydrogen-bond acceptors (Lipinski definition) is 4. The van der Waals surface area contributed by atoms with Crippen LogP contribution in [0.15, 0.2) is 41.8 Å². The van der Waals surface area contributed by atoms with Gasteiger partial charge in [0.15, 0.2) is 0 Å². The van der Waals surface area contributed by atoms with Crippen molar-refractivity contribution in [3.8, 4) is 0 Å². The Morgan fingerprint density at radius 1 is 1.26 bits per heavy atom. The summed E-state index contributed by atoms with van der Waals surface area (Å²) in [6, 6.07) is 8.73. The average molecular weight is 340 g/mol. The lowest BCUT2D eigenvalue weighted by atomic mass is 10.2. The largest absolute Gasteiger partial charge is 0.444 e. The Kier molecular flexibility index (Phi) is 6.78. The van der Waals surface area contributed by atoms with Crippen molar-refractivity contribution in [3.05, 3.63) is 47.4 Å². The number of rotatable bonds is 6. The first-order valence-electron chi connectivity index (χ1n) is 7.29. The van der Waals surface area contributed by atoms with Gasteiger partial charge >= 0.3 is 6.09 Å². The Morgan fingerprint density at radius 3 is 2.43 bits per heavy atom. The molecule has 0 heterocycles. The first-order valence-corrected chi connectivity index (χ1v) is 8.83. The molecular weight excluding hydrogens is 316 g/mol. The van der Waals surface area contributed by atoms with Crippen LogP contribution in [-0.2, 0) is 21.3 Å². The molecule has 0 radical (unpaired) electrons. The molecule has 0 aliphatic heterocycles. The van der Waals surface area contributed by atoms with E-state index in [-0.39, 0.29) is 6.54 Å². The maximum Gasteiger partial charge on any atom is 0.408 e. The lowest BCUT2D eigenvalue weighted by Crippen LogP contribution is -2.37. The number of carbonyl (C=O) groups excluding carboxylic acids is 1. The Bertz CT molecular complexity index is 634. The topological polar surface area (TPSA) is 84.5 Å². The smallest absolute Gasteiger partial charge is 0.408 e. The first kappa shape index (κ1) is 19.2. The zero-order valence-electron chi connectivity index (χ0n) is 13.9. The van der Waals surface area contributed by atoms with E-state index in [0.29, 0.717) is 0 Å². The third-order valence-corrected chi connectivity index (χ3v) is 3.67. The maximum absolute atomic E-state index is 11.9. The highest BCUT2D eigenvalue weighted by molar-refractivity contribution is 7.92. The van der Waals surface area contributed by atoms with E-state index >= 15 is 0 Å². The van der Waals surface area contributed by atoms with E-state index in [1.54, 1.807) is 27.7 Å². The van der Waals surface area contributed by atoms with Gasteiger partial charge < -0.3 is 10.1 Å². The Hall–Kier alpha value is -1.86. The van der Waals surface area contributed by atoms with Gasteiger partial charge in [0.2, 0.25) is 10.0 Å². The third kappa shape index (κ3) is 9.00. The maximum atomic E-state index is 11.9. The predicted molar refractivity (Wildman–Crippen MR) is 90.2 cm³/mol.